The molecule has 2 rings (SSSR count). The van der Waals surface area contributed by atoms with Crippen LogP contribution in [0.5, 0.6) is 5.75 Å². The molecule has 0 fully saturated rings. The lowest BCUT2D eigenvalue weighted by Gasteiger charge is -2.30. The minimum absolute atomic E-state index is 0.194. The van der Waals surface area contributed by atoms with Crippen molar-refractivity contribution in [2.24, 2.45) is 0 Å². The molecule has 0 aromatic heterocycles. The molecule has 0 saturated heterocycles. The number of benzene rings is 2. The average Bonchev–Trinajstić information content (AvgIpc) is 2.67. The van der Waals surface area contributed by atoms with Gasteiger partial charge in [-0.05, 0) is 49.2 Å². The number of nitrogens with zero attached hydrogens (tertiary/aromatic N) is 1. The van der Waals surface area contributed by atoms with Crippen molar-refractivity contribution < 1.29 is 17.9 Å². The smallest absolute Gasteiger partial charge is 0.244 e. The molecule has 0 saturated carbocycles. The van der Waals surface area contributed by atoms with Gasteiger partial charge in [0, 0.05) is 5.02 Å². The number of halogens is 3. The number of hydrogen-bond acceptors (Lipinski definition) is 4. The molecule has 0 spiro atoms. The molecule has 2 aromatic rings. The summed E-state index contributed by atoms with van der Waals surface area (Å²) in [5.41, 5.74) is 1.20. The lowest BCUT2D eigenvalue weighted by atomic mass is 10.2. The van der Waals surface area contributed by atoms with Gasteiger partial charge in [0.1, 0.15) is 18.4 Å². The predicted molar refractivity (Wildman–Crippen MR) is 123 cm³/mol. The van der Waals surface area contributed by atoms with Crippen molar-refractivity contribution >= 4 is 56.4 Å². The largest absolute Gasteiger partial charge is 0.492 e. The Bertz CT molecular complexity index is 1020. The van der Waals surface area contributed by atoms with Crippen LogP contribution in [0.4, 0.5) is 5.69 Å². The molecule has 0 aliphatic heterocycles. The van der Waals surface area contributed by atoms with Crippen molar-refractivity contribution in [3.05, 3.63) is 57.0 Å². The Morgan fingerprint density at radius 1 is 1.10 bits per heavy atom. The number of ether oxygens (including phenoxy) is 1. The fourth-order valence-electron chi connectivity index (χ4n) is 2.81. The first-order valence-electron chi connectivity index (χ1n) is 9.15. The van der Waals surface area contributed by atoms with Gasteiger partial charge in [0.05, 0.1) is 28.5 Å². The molecule has 0 radical (unpaired) electrons. The van der Waals surface area contributed by atoms with E-state index in [-0.39, 0.29) is 30.3 Å². The van der Waals surface area contributed by atoms with E-state index < -0.39 is 22.0 Å². The monoisotopic (exact) mass is 492 g/mol. The second kappa shape index (κ2) is 10.6. The maximum absolute atomic E-state index is 12.7. The zero-order valence-corrected chi connectivity index (χ0v) is 19.9. The maximum Gasteiger partial charge on any atom is 0.244 e. The summed E-state index contributed by atoms with van der Waals surface area (Å²) in [4.78, 5) is 12.7. The number of carbonyl (C=O) groups excluding carboxylic acids is 1. The molecule has 10 heteroatoms. The molecular weight excluding hydrogens is 471 g/mol. The Morgan fingerprint density at radius 3 is 2.37 bits per heavy atom. The number of nitrogens with one attached hydrogen (secondary N) is 1. The van der Waals surface area contributed by atoms with E-state index in [1.807, 2.05) is 13.0 Å². The third-order valence-electron chi connectivity index (χ3n) is 4.30. The number of hydrogen-bond donors (Lipinski definition) is 1. The summed E-state index contributed by atoms with van der Waals surface area (Å²) >= 11 is 18.0. The van der Waals surface area contributed by atoms with Crippen LogP contribution in [0.3, 0.4) is 0 Å². The number of amides is 1. The van der Waals surface area contributed by atoms with Gasteiger partial charge in [-0.1, -0.05) is 47.8 Å². The van der Waals surface area contributed by atoms with Crippen molar-refractivity contribution in [2.45, 2.75) is 26.3 Å². The van der Waals surface area contributed by atoms with Crippen LogP contribution in [0.25, 0.3) is 0 Å². The Hall–Kier alpha value is -1.67. The Labute approximate surface area is 192 Å². The van der Waals surface area contributed by atoms with Crippen molar-refractivity contribution in [1.82, 2.24) is 5.32 Å². The van der Waals surface area contributed by atoms with Crippen LogP contribution >= 0.6 is 34.8 Å². The molecule has 0 aliphatic rings. The van der Waals surface area contributed by atoms with Gasteiger partial charge in [0.25, 0.3) is 0 Å². The van der Waals surface area contributed by atoms with E-state index in [2.05, 4.69) is 5.32 Å². The highest BCUT2D eigenvalue weighted by Crippen LogP contribution is 2.30. The fourth-order valence-corrected chi connectivity index (χ4v) is 4.47. The third kappa shape index (κ3) is 6.41. The molecule has 0 heterocycles. The number of carbonyl (C=O) groups is 1. The Balaban J connectivity index is 2.07. The highest BCUT2D eigenvalue weighted by molar-refractivity contribution is 7.92. The third-order valence-corrected chi connectivity index (χ3v) is 6.63. The molecule has 1 N–H and O–H groups in total. The fraction of sp³-hybridized carbons (Fsp3) is 0.350. The van der Waals surface area contributed by atoms with E-state index in [0.717, 1.165) is 16.1 Å². The molecule has 164 valence electrons. The molecule has 30 heavy (non-hydrogen) atoms. The maximum atomic E-state index is 12.7. The molecular formula is C20H23Cl3N2O4S. The number of anilines is 1. The lowest BCUT2D eigenvalue weighted by Crippen LogP contribution is -2.50. The van der Waals surface area contributed by atoms with Crippen LogP contribution in [0.2, 0.25) is 15.1 Å². The normalized spacial score (nSPS) is 12.3. The second-order valence-electron chi connectivity index (χ2n) is 6.63. The number of aryl methyl sites for hydroxylation is 1. The summed E-state index contributed by atoms with van der Waals surface area (Å²) < 4.78 is 31.5. The lowest BCUT2D eigenvalue weighted by molar-refractivity contribution is -0.122. The van der Waals surface area contributed by atoms with Crippen LogP contribution in [0.15, 0.2) is 36.4 Å². The van der Waals surface area contributed by atoms with Gasteiger partial charge in [-0.15, -0.1) is 0 Å². The van der Waals surface area contributed by atoms with Crippen molar-refractivity contribution in [1.29, 1.82) is 0 Å². The first-order chi connectivity index (χ1) is 14.0. The average molecular weight is 494 g/mol. The SMILES string of the molecule is CCC(C(=O)NCCOc1ccc(C)c(Cl)c1)N(c1ccc(Cl)c(Cl)c1)S(C)(=O)=O. The Morgan fingerprint density at radius 2 is 1.80 bits per heavy atom. The van der Waals surface area contributed by atoms with E-state index >= 15 is 0 Å². The zero-order valence-electron chi connectivity index (χ0n) is 16.8. The van der Waals surface area contributed by atoms with E-state index in [1.54, 1.807) is 19.1 Å². The van der Waals surface area contributed by atoms with E-state index in [9.17, 15) is 13.2 Å². The molecule has 2 aromatic carbocycles. The van der Waals surface area contributed by atoms with Crippen molar-refractivity contribution in [3.8, 4) is 5.75 Å². The highest BCUT2D eigenvalue weighted by atomic mass is 35.5. The second-order valence-corrected chi connectivity index (χ2v) is 9.71. The Kier molecular flexibility index (Phi) is 8.67. The van der Waals surface area contributed by atoms with Crippen molar-refractivity contribution in [3.63, 3.8) is 0 Å². The van der Waals surface area contributed by atoms with Gasteiger partial charge in [0.15, 0.2) is 0 Å². The minimum Gasteiger partial charge on any atom is -0.492 e. The van der Waals surface area contributed by atoms with E-state index in [0.29, 0.717) is 15.8 Å². The molecule has 6 nitrogen and oxygen atoms in total. The van der Waals surface area contributed by atoms with Crippen LogP contribution in [-0.4, -0.2) is 39.8 Å². The predicted octanol–water partition coefficient (Wildman–Crippen LogP) is 4.70. The van der Waals surface area contributed by atoms with Crippen LogP contribution < -0.4 is 14.4 Å². The van der Waals surface area contributed by atoms with Crippen LogP contribution in [-0.2, 0) is 14.8 Å². The molecule has 0 aliphatic carbocycles. The van der Waals surface area contributed by atoms with Gasteiger partial charge >= 0.3 is 0 Å². The van der Waals surface area contributed by atoms with Gasteiger partial charge < -0.3 is 10.1 Å². The molecule has 1 atom stereocenters. The quantitative estimate of drug-likeness (QED) is 0.514. The first kappa shape index (κ1) is 24.6. The molecule has 1 unspecified atom stereocenters. The van der Waals surface area contributed by atoms with E-state index in [1.165, 1.54) is 18.2 Å². The molecule has 1 amide bonds. The summed E-state index contributed by atoms with van der Waals surface area (Å²) in [5, 5.41) is 3.80. The van der Waals surface area contributed by atoms with Crippen LogP contribution in [0.1, 0.15) is 18.9 Å². The summed E-state index contributed by atoms with van der Waals surface area (Å²) in [7, 11) is -3.76. The van der Waals surface area contributed by atoms with E-state index in [4.69, 9.17) is 39.5 Å². The van der Waals surface area contributed by atoms with Gasteiger partial charge in [-0.2, -0.15) is 0 Å². The van der Waals surface area contributed by atoms with Crippen LogP contribution in [0, 0.1) is 6.92 Å². The number of sulfonamides is 1. The van der Waals surface area contributed by atoms with Gasteiger partial charge in [0.2, 0.25) is 15.9 Å². The zero-order chi connectivity index (χ0) is 22.5. The van der Waals surface area contributed by atoms with Gasteiger partial charge in [-0.3, -0.25) is 9.10 Å². The highest BCUT2D eigenvalue weighted by Gasteiger charge is 2.31. The summed E-state index contributed by atoms with van der Waals surface area (Å²) in [6.45, 7) is 4.01. The minimum atomic E-state index is -3.76. The summed E-state index contributed by atoms with van der Waals surface area (Å²) in [6.07, 6.45) is 1.29. The topological polar surface area (TPSA) is 75.7 Å². The van der Waals surface area contributed by atoms with Gasteiger partial charge in [-0.25, -0.2) is 8.42 Å². The number of rotatable bonds is 9. The standard InChI is InChI=1S/C20H23Cl3N2O4S/c1-4-19(25(30(3,27)28)14-6-8-16(21)18(23)11-14)20(26)24-9-10-29-15-7-5-13(2)17(22)12-15/h5-8,11-12,19H,4,9-10H2,1-3H3,(H,24,26). The summed E-state index contributed by atoms with van der Waals surface area (Å²) in [5.74, 6) is 0.139. The molecule has 0 bridgehead atoms. The summed E-state index contributed by atoms with van der Waals surface area (Å²) in [6, 6.07) is 8.79. The van der Waals surface area contributed by atoms with Crippen molar-refractivity contribution in [2.75, 3.05) is 23.7 Å². The first-order valence-corrected chi connectivity index (χ1v) is 12.1.